The van der Waals surface area contributed by atoms with Crippen molar-refractivity contribution in [3.63, 3.8) is 0 Å². The topological polar surface area (TPSA) is 51.2 Å². The molecule has 1 atom stereocenters. The number of hydrogen-bond donors (Lipinski definition) is 1. The number of halogens is 2. The van der Waals surface area contributed by atoms with Crippen LogP contribution in [0.3, 0.4) is 0 Å². The van der Waals surface area contributed by atoms with Gasteiger partial charge in [-0.3, -0.25) is 4.79 Å². The molecule has 2 rings (SSSR count). The Hall–Kier alpha value is -1.52. The molecule has 0 saturated carbocycles. The standard InChI is InChI=1S/C16H18Cl2N2O2/c1-4-9(2)19-14(21)8-22-16-13(18)7-12(17)11-6-5-10(3)20-15(11)16/h5-7,9H,4,8H2,1-3H3,(H,19,21)/t9-/m0/s1. The molecule has 0 aliphatic heterocycles. The lowest BCUT2D eigenvalue weighted by molar-refractivity contribution is -0.123. The zero-order valence-corrected chi connectivity index (χ0v) is 14.3. The van der Waals surface area contributed by atoms with Crippen molar-refractivity contribution in [3.05, 3.63) is 33.9 Å². The molecule has 1 N–H and O–H groups in total. The van der Waals surface area contributed by atoms with Crippen LogP contribution in [-0.2, 0) is 4.79 Å². The highest BCUT2D eigenvalue weighted by atomic mass is 35.5. The number of aryl methyl sites for hydroxylation is 1. The Labute approximate surface area is 139 Å². The molecule has 0 fully saturated rings. The van der Waals surface area contributed by atoms with Crippen LogP contribution in [0.1, 0.15) is 26.0 Å². The van der Waals surface area contributed by atoms with Crippen LogP contribution in [0, 0.1) is 6.92 Å². The first-order valence-electron chi connectivity index (χ1n) is 7.10. The third kappa shape index (κ3) is 3.81. The van der Waals surface area contributed by atoms with E-state index in [2.05, 4.69) is 10.3 Å². The molecular weight excluding hydrogens is 323 g/mol. The van der Waals surface area contributed by atoms with Gasteiger partial charge in [0.2, 0.25) is 0 Å². The van der Waals surface area contributed by atoms with Crippen LogP contribution < -0.4 is 10.1 Å². The molecule has 2 aromatic rings. The highest BCUT2D eigenvalue weighted by Gasteiger charge is 2.15. The van der Waals surface area contributed by atoms with E-state index in [1.807, 2.05) is 32.9 Å². The van der Waals surface area contributed by atoms with Crippen molar-refractivity contribution in [3.8, 4) is 5.75 Å². The predicted octanol–water partition coefficient (Wildman–Crippen LogP) is 4.14. The van der Waals surface area contributed by atoms with E-state index in [1.54, 1.807) is 6.07 Å². The van der Waals surface area contributed by atoms with Crippen LogP contribution in [-0.4, -0.2) is 23.5 Å². The Kier molecular flexibility index (Phi) is 5.48. The lowest BCUT2D eigenvalue weighted by Crippen LogP contribution is -2.35. The van der Waals surface area contributed by atoms with Crippen molar-refractivity contribution in [2.45, 2.75) is 33.2 Å². The van der Waals surface area contributed by atoms with Gasteiger partial charge in [0.25, 0.3) is 5.91 Å². The van der Waals surface area contributed by atoms with Gasteiger partial charge in [0.1, 0.15) is 5.52 Å². The van der Waals surface area contributed by atoms with Crippen LogP contribution in [0.2, 0.25) is 10.0 Å². The second-order valence-corrected chi connectivity index (χ2v) is 6.00. The molecule has 0 aliphatic rings. The molecule has 118 valence electrons. The van der Waals surface area contributed by atoms with Gasteiger partial charge in [-0.1, -0.05) is 30.1 Å². The Morgan fingerprint density at radius 1 is 1.36 bits per heavy atom. The molecule has 1 heterocycles. The summed E-state index contributed by atoms with van der Waals surface area (Å²) in [6.45, 7) is 5.69. The third-order valence-electron chi connectivity index (χ3n) is 3.34. The van der Waals surface area contributed by atoms with Gasteiger partial charge < -0.3 is 10.1 Å². The number of nitrogens with zero attached hydrogens (tertiary/aromatic N) is 1. The number of carbonyl (C=O) groups is 1. The lowest BCUT2D eigenvalue weighted by Gasteiger charge is -2.14. The van der Waals surface area contributed by atoms with Crippen LogP contribution in [0.15, 0.2) is 18.2 Å². The van der Waals surface area contributed by atoms with E-state index in [4.69, 9.17) is 27.9 Å². The van der Waals surface area contributed by atoms with Crippen LogP contribution in [0.4, 0.5) is 0 Å². The molecule has 0 spiro atoms. The maximum atomic E-state index is 11.8. The number of amides is 1. The highest BCUT2D eigenvalue weighted by molar-refractivity contribution is 6.39. The van der Waals surface area contributed by atoms with Crippen LogP contribution in [0.25, 0.3) is 10.9 Å². The van der Waals surface area contributed by atoms with Gasteiger partial charge in [-0.15, -0.1) is 0 Å². The molecule has 0 saturated heterocycles. The van der Waals surface area contributed by atoms with Crippen LogP contribution in [0.5, 0.6) is 5.75 Å². The number of rotatable bonds is 5. The Balaban J connectivity index is 2.27. The minimum Gasteiger partial charge on any atom is -0.480 e. The van der Waals surface area contributed by atoms with Crippen molar-refractivity contribution >= 4 is 40.0 Å². The van der Waals surface area contributed by atoms with E-state index >= 15 is 0 Å². The number of hydrogen-bond acceptors (Lipinski definition) is 3. The van der Waals surface area contributed by atoms with E-state index in [-0.39, 0.29) is 18.6 Å². The number of benzene rings is 1. The van der Waals surface area contributed by atoms with Gasteiger partial charge in [-0.25, -0.2) is 4.98 Å². The van der Waals surface area contributed by atoms with E-state index in [1.165, 1.54) is 0 Å². The van der Waals surface area contributed by atoms with E-state index in [9.17, 15) is 4.79 Å². The van der Waals surface area contributed by atoms with Crippen LogP contribution >= 0.6 is 23.2 Å². The molecule has 22 heavy (non-hydrogen) atoms. The van der Waals surface area contributed by atoms with Gasteiger partial charge in [0.15, 0.2) is 12.4 Å². The number of nitrogens with one attached hydrogen (secondary N) is 1. The molecule has 1 amide bonds. The normalized spacial score (nSPS) is 12.2. The van der Waals surface area contributed by atoms with Gasteiger partial charge in [-0.05, 0) is 38.5 Å². The van der Waals surface area contributed by atoms with Crippen molar-refractivity contribution < 1.29 is 9.53 Å². The fourth-order valence-electron chi connectivity index (χ4n) is 1.98. The van der Waals surface area contributed by atoms with Gasteiger partial charge in [-0.2, -0.15) is 0 Å². The summed E-state index contributed by atoms with van der Waals surface area (Å²) < 4.78 is 5.60. The second kappa shape index (κ2) is 7.16. The van der Waals surface area contributed by atoms with Crippen molar-refractivity contribution in [1.82, 2.24) is 10.3 Å². The fraction of sp³-hybridized carbons (Fsp3) is 0.375. The molecule has 0 unspecified atom stereocenters. The van der Waals surface area contributed by atoms with E-state index < -0.39 is 0 Å². The summed E-state index contributed by atoms with van der Waals surface area (Å²) in [5.74, 6) is 0.185. The Morgan fingerprint density at radius 3 is 2.77 bits per heavy atom. The average molecular weight is 341 g/mol. The Morgan fingerprint density at radius 2 is 2.09 bits per heavy atom. The zero-order valence-electron chi connectivity index (χ0n) is 12.7. The lowest BCUT2D eigenvalue weighted by atomic mass is 10.2. The number of ether oxygens (including phenoxy) is 1. The van der Waals surface area contributed by atoms with Crippen molar-refractivity contribution in [1.29, 1.82) is 0 Å². The third-order valence-corrected chi connectivity index (χ3v) is 3.94. The molecule has 1 aromatic carbocycles. The molecule has 6 heteroatoms. The van der Waals surface area contributed by atoms with E-state index in [0.29, 0.717) is 21.3 Å². The predicted molar refractivity (Wildman–Crippen MR) is 89.9 cm³/mol. The zero-order chi connectivity index (χ0) is 16.3. The minimum atomic E-state index is -0.193. The largest absolute Gasteiger partial charge is 0.480 e. The summed E-state index contributed by atoms with van der Waals surface area (Å²) in [4.78, 5) is 16.3. The number of fused-ring (bicyclic) bond motifs is 1. The van der Waals surface area contributed by atoms with Gasteiger partial charge in [0, 0.05) is 17.1 Å². The average Bonchev–Trinajstić information content (AvgIpc) is 2.46. The molecule has 0 radical (unpaired) electrons. The number of pyridine rings is 1. The quantitative estimate of drug-likeness (QED) is 0.889. The van der Waals surface area contributed by atoms with Crippen molar-refractivity contribution in [2.75, 3.05) is 6.61 Å². The van der Waals surface area contributed by atoms with Crippen molar-refractivity contribution in [2.24, 2.45) is 0 Å². The summed E-state index contributed by atoms with van der Waals surface area (Å²) in [5.41, 5.74) is 1.38. The summed E-state index contributed by atoms with van der Waals surface area (Å²) in [6.07, 6.45) is 0.858. The van der Waals surface area contributed by atoms with E-state index in [0.717, 1.165) is 17.5 Å². The minimum absolute atomic E-state index is 0.105. The summed E-state index contributed by atoms with van der Waals surface area (Å²) in [5, 5.41) is 4.42. The van der Waals surface area contributed by atoms with Gasteiger partial charge >= 0.3 is 0 Å². The molecule has 0 bridgehead atoms. The Bertz CT molecular complexity index is 704. The summed E-state index contributed by atoms with van der Waals surface area (Å²) in [7, 11) is 0. The first kappa shape index (κ1) is 16.8. The van der Waals surface area contributed by atoms with Gasteiger partial charge in [0.05, 0.1) is 10.0 Å². The smallest absolute Gasteiger partial charge is 0.258 e. The SMILES string of the molecule is CC[C@H](C)NC(=O)COc1c(Cl)cc(Cl)c2ccc(C)nc12. The maximum Gasteiger partial charge on any atom is 0.258 e. The molecule has 4 nitrogen and oxygen atoms in total. The first-order chi connectivity index (χ1) is 10.4. The molecular formula is C16H18Cl2N2O2. The number of carbonyl (C=O) groups excluding carboxylic acids is 1. The summed E-state index contributed by atoms with van der Waals surface area (Å²) in [6, 6.07) is 5.43. The first-order valence-corrected chi connectivity index (χ1v) is 7.85. The fourth-order valence-corrected chi connectivity index (χ4v) is 2.55. The number of aromatic nitrogens is 1. The maximum absolute atomic E-state index is 11.8. The highest BCUT2D eigenvalue weighted by Crippen LogP contribution is 2.37. The molecule has 0 aliphatic carbocycles. The monoisotopic (exact) mass is 340 g/mol. The summed E-state index contributed by atoms with van der Waals surface area (Å²) >= 11 is 12.4. The molecule has 1 aromatic heterocycles. The second-order valence-electron chi connectivity index (χ2n) is 5.18.